The van der Waals surface area contributed by atoms with Crippen molar-refractivity contribution in [3.8, 4) is 0 Å². The Hall–Kier alpha value is -1.77. The van der Waals surface area contributed by atoms with Gasteiger partial charge in [0.2, 0.25) is 5.78 Å². The van der Waals surface area contributed by atoms with Gasteiger partial charge in [-0.1, -0.05) is 0 Å². The maximum atomic E-state index is 12.4. The summed E-state index contributed by atoms with van der Waals surface area (Å²) in [5, 5.41) is 8.04. The van der Waals surface area contributed by atoms with Gasteiger partial charge < -0.3 is 4.98 Å². The van der Waals surface area contributed by atoms with Crippen LogP contribution in [0, 0.1) is 6.92 Å². The molecule has 3 aromatic heterocycles. The van der Waals surface area contributed by atoms with Gasteiger partial charge >= 0.3 is 0 Å². The van der Waals surface area contributed by atoms with E-state index in [2.05, 4.69) is 36.1 Å². The van der Waals surface area contributed by atoms with Crippen LogP contribution in [0.2, 0.25) is 0 Å². The summed E-state index contributed by atoms with van der Waals surface area (Å²) < 4.78 is 16.0. The van der Waals surface area contributed by atoms with Gasteiger partial charge in [-0.05, 0) is 42.1 Å². The Morgan fingerprint density at radius 3 is 2.86 bits per heavy atom. The van der Waals surface area contributed by atoms with Crippen LogP contribution < -0.4 is 5.56 Å². The van der Waals surface area contributed by atoms with Crippen molar-refractivity contribution in [3.63, 3.8) is 0 Å². The van der Waals surface area contributed by atoms with Gasteiger partial charge in [0.25, 0.3) is 5.56 Å². The molecular weight excluding hydrogens is 343 g/mol. The number of rotatable bonds is 5. The van der Waals surface area contributed by atoms with Crippen molar-refractivity contribution >= 4 is 32.9 Å². The number of alkyl halides is 1. The summed E-state index contributed by atoms with van der Waals surface area (Å²) in [6.07, 6.45) is 2.10. The second-order valence-corrected chi connectivity index (χ2v) is 5.57. The molecule has 0 unspecified atom stereocenters. The van der Waals surface area contributed by atoms with E-state index >= 15 is 0 Å². The molecule has 0 saturated heterocycles. The van der Waals surface area contributed by atoms with E-state index in [0.29, 0.717) is 40.5 Å². The first-order valence-electron chi connectivity index (χ1n) is 6.69. The third-order valence-corrected chi connectivity index (χ3v) is 3.77. The van der Waals surface area contributed by atoms with Crippen molar-refractivity contribution < 1.29 is 4.39 Å². The third kappa shape index (κ3) is 2.35. The van der Waals surface area contributed by atoms with Crippen molar-refractivity contribution in [2.45, 2.75) is 32.7 Å². The SMILES string of the molecule is Cc1nnc2n(CCCCCF)c3nc(Br)[nH]c3c(=O)n12. The molecule has 3 rings (SSSR count). The number of unbranched alkanes of at least 4 members (excludes halogenated alkanes) is 2. The van der Waals surface area contributed by atoms with Crippen LogP contribution in [0.1, 0.15) is 25.1 Å². The summed E-state index contributed by atoms with van der Waals surface area (Å²) in [6.45, 7) is 2.02. The Balaban J connectivity index is 2.18. The van der Waals surface area contributed by atoms with Crippen molar-refractivity contribution in [2.75, 3.05) is 6.67 Å². The Labute approximate surface area is 127 Å². The lowest BCUT2D eigenvalue weighted by Gasteiger charge is -2.08. The van der Waals surface area contributed by atoms with Crippen molar-refractivity contribution in [1.29, 1.82) is 0 Å². The molecule has 0 aromatic carbocycles. The highest BCUT2D eigenvalue weighted by Crippen LogP contribution is 2.16. The van der Waals surface area contributed by atoms with Gasteiger partial charge in [-0.15, -0.1) is 10.2 Å². The highest BCUT2D eigenvalue weighted by molar-refractivity contribution is 9.10. The lowest BCUT2D eigenvalue weighted by atomic mass is 10.2. The van der Waals surface area contributed by atoms with Crippen LogP contribution in [-0.4, -0.2) is 35.8 Å². The van der Waals surface area contributed by atoms with Crippen LogP contribution in [0.5, 0.6) is 0 Å². The van der Waals surface area contributed by atoms with E-state index in [4.69, 9.17) is 0 Å². The predicted octanol–water partition coefficient (Wildman–Crippen LogP) is 1.98. The fraction of sp³-hybridized carbons (Fsp3) is 0.500. The summed E-state index contributed by atoms with van der Waals surface area (Å²) >= 11 is 3.25. The highest BCUT2D eigenvalue weighted by Gasteiger charge is 2.17. The van der Waals surface area contributed by atoms with Gasteiger partial charge in [-0.3, -0.25) is 13.8 Å². The largest absolute Gasteiger partial charge is 0.327 e. The van der Waals surface area contributed by atoms with Crippen LogP contribution >= 0.6 is 15.9 Å². The first-order chi connectivity index (χ1) is 10.1. The molecule has 1 N–H and O–H groups in total. The fourth-order valence-corrected chi connectivity index (χ4v) is 2.76. The highest BCUT2D eigenvalue weighted by atomic mass is 79.9. The molecule has 0 aliphatic heterocycles. The average Bonchev–Trinajstić information content (AvgIpc) is 3.02. The van der Waals surface area contributed by atoms with E-state index in [1.807, 2.05) is 4.57 Å². The predicted molar refractivity (Wildman–Crippen MR) is 79.2 cm³/mol. The van der Waals surface area contributed by atoms with Crippen molar-refractivity contribution in [2.24, 2.45) is 0 Å². The molecule has 0 bridgehead atoms. The summed E-state index contributed by atoms with van der Waals surface area (Å²) in [4.78, 5) is 19.7. The Morgan fingerprint density at radius 1 is 1.29 bits per heavy atom. The molecule has 3 aromatic rings. The number of aromatic nitrogens is 6. The molecule has 0 amide bonds. The van der Waals surface area contributed by atoms with Gasteiger partial charge in [-0.25, -0.2) is 9.38 Å². The fourth-order valence-electron chi connectivity index (χ4n) is 2.40. The molecule has 0 aliphatic rings. The molecule has 3 heterocycles. The Bertz CT molecular complexity index is 847. The zero-order valence-corrected chi connectivity index (χ0v) is 13.0. The van der Waals surface area contributed by atoms with E-state index < -0.39 is 0 Å². The van der Waals surface area contributed by atoms with E-state index in [1.165, 1.54) is 4.40 Å². The molecule has 0 spiro atoms. The minimum Gasteiger partial charge on any atom is -0.327 e. The van der Waals surface area contributed by atoms with Gasteiger partial charge in [-0.2, -0.15) is 0 Å². The average molecular weight is 357 g/mol. The zero-order valence-electron chi connectivity index (χ0n) is 11.4. The van der Waals surface area contributed by atoms with E-state index in [0.717, 1.165) is 12.8 Å². The first-order valence-corrected chi connectivity index (χ1v) is 7.48. The number of halogens is 2. The van der Waals surface area contributed by atoms with Gasteiger partial charge in [0.1, 0.15) is 5.82 Å². The quantitative estimate of drug-likeness (QED) is 0.559. The molecule has 112 valence electrons. The van der Waals surface area contributed by atoms with Gasteiger partial charge in [0.15, 0.2) is 15.9 Å². The normalized spacial score (nSPS) is 11.8. The van der Waals surface area contributed by atoms with Gasteiger partial charge in [0.05, 0.1) is 6.67 Å². The third-order valence-electron chi connectivity index (χ3n) is 3.39. The number of H-pyrrole nitrogens is 1. The molecule has 0 atom stereocenters. The molecule has 7 nitrogen and oxygen atoms in total. The molecule has 0 radical (unpaired) electrons. The molecule has 21 heavy (non-hydrogen) atoms. The maximum absolute atomic E-state index is 12.4. The van der Waals surface area contributed by atoms with Gasteiger partial charge in [0, 0.05) is 6.54 Å². The Morgan fingerprint density at radius 2 is 2.10 bits per heavy atom. The minimum atomic E-state index is -0.313. The van der Waals surface area contributed by atoms with Crippen LogP contribution in [0.25, 0.3) is 16.9 Å². The maximum Gasteiger partial charge on any atom is 0.286 e. The van der Waals surface area contributed by atoms with Crippen LogP contribution in [0.3, 0.4) is 0 Å². The summed E-state index contributed by atoms with van der Waals surface area (Å²) in [5.41, 5.74) is 0.718. The van der Waals surface area contributed by atoms with Crippen molar-refractivity contribution in [3.05, 3.63) is 20.9 Å². The molecule has 0 aliphatic carbocycles. The summed E-state index contributed by atoms with van der Waals surface area (Å²) in [7, 11) is 0. The minimum absolute atomic E-state index is 0.222. The van der Waals surface area contributed by atoms with Crippen LogP contribution in [-0.2, 0) is 6.54 Å². The number of nitrogens with zero attached hydrogens (tertiary/aromatic N) is 5. The standard InChI is InChI=1S/C12H14BrFN6O/c1-7-17-18-12-19(6-4-2-3-5-14)9-8(10(21)20(7)12)15-11(13)16-9/h2-6H2,1H3,(H,15,16). The number of hydrogen-bond donors (Lipinski definition) is 1. The smallest absolute Gasteiger partial charge is 0.286 e. The zero-order chi connectivity index (χ0) is 15.0. The second-order valence-electron chi connectivity index (χ2n) is 4.82. The van der Waals surface area contributed by atoms with Crippen LogP contribution in [0.15, 0.2) is 9.53 Å². The molecule has 9 heteroatoms. The first kappa shape index (κ1) is 14.2. The number of fused-ring (bicyclic) bond motifs is 2. The Kier molecular flexibility index (Phi) is 3.75. The summed E-state index contributed by atoms with van der Waals surface area (Å²) in [6, 6.07) is 0. The monoisotopic (exact) mass is 356 g/mol. The number of nitrogens with one attached hydrogen (secondary N) is 1. The van der Waals surface area contributed by atoms with Crippen LogP contribution in [0.4, 0.5) is 4.39 Å². The van der Waals surface area contributed by atoms with Crippen molar-refractivity contribution in [1.82, 2.24) is 29.1 Å². The molecular formula is C12H14BrFN6O. The number of aryl methyl sites for hydroxylation is 2. The number of imidazole rings is 1. The molecule has 0 fully saturated rings. The van der Waals surface area contributed by atoms with E-state index in [1.54, 1.807) is 6.92 Å². The lowest BCUT2D eigenvalue weighted by molar-refractivity contribution is 0.449. The topological polar surface area (TPSA) is 80.9 Å². The van der Waals surface area contributed by atoms with E-state index in [9.17, 15) is 9.18 Å². The second kappa shape index (κ2) is 5.55. The molecule has 0 saturated carbocycles. The summed E-state index contributed by atoms with van der Waals surface area (Å²) in [5.74, 6) is 0.990. The number of hydrogen-bond acceptors (Lipinski definition) is 4. The number of aromatic amines is 1. The van der Waals surface area contributed by atoms with E-state index in [-0.39, 0.29) is 12.2 Å². The lowest BCUT2D eigenvalue weighted by Crippen LogP contribution is -2.20.